The minimum absolute atomic E-state index is 0. The third kappa shape index (κ3) is 3.10. The van der Waals surface area contributed by atoms with Crippen LogP contribution in [0.15, 0.2) is 24.3 Å². The average molecular weight is 320 g/mol. The fourth-order valence-corrected chi connectivity index (χ4v) is 2.93. The third-order valence-electron chi connectivity index (χ3n) is 4.23. The quantitative estimate of drug-likeness (QED) is 0.910. The zero-order valence-corrected chi connectivity index (χ0v) is 13.4. The summed E-state index contributed by atoms with van der Waals surface area (Å²) in [6.07, 6.45) is 4.68. The predicted molar refractivity (Wildman–Crippen MR) is 92.9 cm³/mol. The Balaban J connectivity index is 0.00000144. The van der Waals surface area contributed by atoms with Crippen LogP contribution in [0.3, 0.4) is 0 Å². The molecule has 1 aliphatic carbocycles. The van der Waals surface area contributed by atoms with Crippen LogP contribution in [-0.4, -0.2) is 35.1 Å². The maximum Gasteiger partial charge on any atom is 0.172 e. The van der Waals surface area contributed by atoms with Crippen LogP contribution in [0.2, 0.25) is 0 Å². The number of anilines is 2. The van der Waals surface area contributed by atoms with Gasteiger partial charge in [0, 0.05) is 25.2 Å². The summed E-state index contributed by atoms with van der Waals surface area (Å²) in [5, 5.41) is 3.53. The van der Waals surface area contributed by atoms with E-state index in [1.54, 1.807) is 0 Å². The molecular weight excluding hydrogens is 298 g/mol. The summed E-state index contributed by atoms with van der Waals surface area (Å²) in [6.45, 7) is 1.88. The maximum atomic E-state index is 6.13. The van der Waals surface area contributed by atoms with Crippen molar-refractivity contribution in [2.24, 2.45) is 5.73 Å². The van der Waals surface area contributed by atoms with Crippen LogP contribution in [0.4, 0.5) is 11.6 Å². The van der Waals surface area contributed by atoms with Crippen molar-refractivity contribution < 1.29 is 0 Å². The lowest BCUT2D eigenvalue weighted by Crippen LogP contribution is -2.43. The van der Waals surface area contributed by atoms with Crippen LogP contribution < -0.4 is 16.0 Å². The van der Waals surface area contributed by atoms with Gasteiger partial charge >= 0.3 is 0 Å². The first-order valence-corrected chi connectivity index (χ1v) is 7.83. The number of hydrogen-bond acceptors (Lipinski definition) is 5. The van der Waals surface area contributed by atoms with Gasteiger partial charge in [0.25, 0.3) is 0 Å². The number of nitrogens with two attached hydrogens (primary N) is 1. The highest BCUT2D eigenvalue weighted by molar-refractivity contribution is 5.85. The zero-order chi connectivity index (χ0) is 14.2. The van der Waals surface area contributed by atoms with Gasteiger partial charge in [-0.1, -0.05) is 12.1 Å². The minimum Gasteiger partial charge on any atom is -0.364 e. The number of aromatic nitrogens is 2. The summed E-state index contributed by atoms with van der Waals surface area (Å²) in [7, 11) is 0. The SMILES string of the molecule is Cl.NC1CCCN(c2nc3ccccc3nc2NC2CC2)C1. The predicted octanol–water partition coefficient (Wildman–Crippen LogP) is 2.55. The number of nitrogens with zero attached hydrogens (tertiary/aromatic N) is 3. The molecule has 1 unspecified atom stereocenters. The number of rotatable bonds is 3. The number of benzene rings is 1. The van der Waals surface area contributed by atoms with E-state index in [4.69, 9.17) is 15.7 Å². The molecule has 1 aromatic carbocycles. The Morgan fingerprint density at radius 3 is 2.50 bits per heavy atom. The molecule has 4 rings (SSSR count). The molecule has 2 aromatic rings. The van der Waals surface area contributed by atoms with Crippen LogP contribution >= 0.6 is 12.4 Å². The summed E-state index contributed by atoms with van der Waals surface area (Å²) in [5.74, 6) is 1.89. The molecule has 1 atom stereocenters. The highest BCUT2D eigenvalue weighted by Crippen LogP contribution is 2.31. The lowest BCUT2D eigenvalue weighted by atomic mass is 10.1. The summed E-state index contributed by atoms with van der Waals surface area (Å²) in [5.41, 5.74) is 8.03. The first-order chi connectivity index (χ1) is 10.3. The summed E-state index contributed by atoms with van der Waals surface area (Å²) in [4.78, 5) is 11.9. The number of halogens is 1. The molecule has 2 aliphatic rings. The van der Waals surface area contributed by atoms with Gasteiger partial charge in [-0.3, -0.25) is 0 Å². The van der Waals surface area contributed by atoms with Crippen molar-refractivity contribution in [1.29, 1.82) is 0 Å². The van der Waals surface area contributed by atoms with Gasteiger partial charge in [-0.25, -0.2) is 9.97 Å². The van der Waals surface area contributed by atoms with Crippen LogP contribution in [0, 0.1) is 0 Å². The first kappa shape index (κ1) is 15.3. The first-order valence-electron chi connectivity index (χ1n) is 7.83. The Bertz CT molecular complexity index is 658. The molecule has 6 heteroatoms. The van der Waals surface area contributed by atoms with Crippen molar-refractivity contribution in [2.75, 3.05) is 23.3 Å². The van der Waals surface area contributed by atoms with Crippen molar-refractivity contribution in [3.63, 3.8) is 0 Å². The number of hydrogen-bond donors (Lipinski definition) is 2. The van der Waals surface area contributed by atoms with E-state index in [9.17, 15) is 0 Å². The molecule has 5 nitrogen and oxygen atoms in total. The molecule has 0 bridgehead atoms. The molecule has 1 saturated carbocycles. The second kappa shape index (κ2) is 6.26. The largest absolute Gasteiger partial charge is 0.364 e. The van der Waals surface area contributed by atoms with Crippen LogP contribution in [0.5, 0.6) is 0 Å². The van der Waals surface area contributed by atoms with Gasteiger partial charge in [-0.2, -0.15) is 0 Å². The fraction of sp³-hybridized carbons (Fsp3) is 0.500. The lowest BCUT2D eigenvalue weighted by molar-refractivity contribution is 0.503. The second-order valence-electron chi connectivity index (χ2n) is 6.15. The lowest BCUT2D eigenvalue weighted by Gasteiger charge is -2.32. The van der Waals surface area contributed by atoms with Gasteiger partial charge in [0.15, 0.2) is 11.6 Å². The molecule has 118 valence electrons. The molecule has 0 amide bonds. The molecule has 1 aliphatic heterocycles. The van der Waals surface area contributed by atoms with E-state index < -0.39 is 0 Å². The highest BCUT2D eigenvalue weighted by atomic mass is 35.5. The number of para-hydroxylation sites is 2. The maximum absolute atomic E-state index is 6.13. The average Bonchev–Trinajstić information content (AvgIpc) is 3.30. The molecule has 1 aromatic heterocycles. The van der Waals surface area contributed by atoms with Crippen LogP contribution in [0.1, 0.15) is 25.7 Å². The van der Waals surface area contributed by atoms with Gasteiger partial charge in [-0.05, 0) is 37.8 Å². The van der Waals surface area contributed by atoms with E-state index in [2.05, 4.69) is 10.2 Å². The monoisotopic (exact) mass is 319 g/mol. The van der Waals surface area contributed by atoms with E-state index >= 15 is 0 Å². The van der Waals surface area contributed by atoms with Crippen molar-refractivity contribution in [3.8, 4) is 0 Å². The van der Waals surface area contributed by atoms with Gasteiger partial charge in [0.1, 0.15) is 0 Å². The van der Waals surface area contributed by atoms with Gasteiger partial charge < -0.3 is 16.0 Å². The van der Waals surface area contributed by atoms with Crippen LogP contribution in [0.25, 0.3) is 11.0 Å². The minimum atomic E-state index is 0. The van der Waals surface area contributed by atoms with Crippen molar-refractivity contribution in [2.45, 2.75) is 37.8 Å². The van der Waals surface area contributed by atoms with E-state index in [0.717, 1.165) is 48.6 Å². The Morgan fingerprint density at radius 1 is 1.09 bits per heavy atom. The Kier molecular flexibility index (Phi) is 4.36. The normalized spacial score (nSPS) is 21.5. The molecule has 3 N–H and O–H groups in total. The van der Waals surface area contributed by atoms with Gasteiger partial charge in [-0.15, -0.1) is 12.4 Å². The van der Waals surface area contributed by atoms with Crippen molar-refractivity contribution in [3.05, 3.63) is 24.3 Å². The molecule has 22 heavy (non-hydrogen) atoms. The van der Waals surface area contributed by atoms with E-state index in [1.807, 2.05) is 24.3 Å². The number of piperidine rings is 1. The molecule has 0 spiro atoms. The summed E-state index contributed by atoms with van der Waals surface area (Å²) >= 11 is 0. The topological polar surface area (TPSA) is 67.1 Å². The van der Waals surface area contributed by atoms with E-state index in [1.165, 1.54) is 12.8 Å². The Morgan fingerprint density at radius 2 is 1.82 bits per heavy atom. The summed E-state index contributed by atoms with van der Waals surface area (Å²) < 4.78 is 0. The van der Waals surface area contributed by atoms with Gasteiger partial charge in [0.2, 0.25) is 0 Å². The Hall–Kier alpha value is -1.59. The smallest absolute Gasteiger partial charge is 0.172 e. The zero-order valence-electron chi connectivity index (χ0n) is 12.5. The third-order valence-corrected chi connectivity index (χ3v) is 4.23. The molecular formula is C16H22ClN5. The van der Waals surface area contributed by atoms with Crippen molar-refractivity contribution in [1.82, 2.24) is 9.97 Å². The molecule has 2 heterocycles. The highest BCUT2D eigenvalue weighted by Gasteiger charge is 2.26. The summed E-state index contributed by atoms with van der Waals surface area (Å²) in [6, 6.07) is 8.87. The second-order valence-corrected chi connectivity index (χ2v) is 6.15. The standard InChI is InChI=1S/C16H21N5.ClH/c17-11-4-3-9-21(10-11)16-15(18-12-7-8-12)19-13-5-1-2-6-14(13)20-16;/h1-2,5-6,11-12H,3-4,7-10,17H2,(H,18,19);1H. The fourth-order valence-electron chi connectivity index (χ4n) is 2.93. The van der Waals surface area contributed by atoms with E-state index in [0.29, 0.717) is 6.04 Å². The van der Waals surface area contributed by atoms with E-state index in [-0.39, 0.29) is 18.4 Å². The van der Waals surface area contributed by atoms with Crippen molar-refractivity contribution >= 4 is 35.1 Å². The molecule has 1 saturated heterocycles. The van der Waals surface area contributed by atoms with Crippen LogP contribution in [-0.2, 0) is 0 Å². The Labute approximate surface area is 136 Å². The molecule has 0 radical (unpaired) electrons. The van der Waals surface area contributed by atoms with Gasteiger partial charge in [0.05, 0.1) is 11.0 Å². The number of fused-ring (bicyclic) bond motifs is 1. The molecule has 2 fully saturated rings. The number of nitrogens with one attached hydrogen (secondary N) is 1.